The summed E-state index contributed by atoms with van der Waals surface area (Å²) >= 11 is 0. The summed E-state index contributed by atoms with van der Waals surface area (Å²) in [5, 5.41) is 3.28. The maximum atomic E-state index is 8.79. The van der Waals surface area contributed by atoms with Crippen molar-refractivity contribution in [3.63, 3.8) is 0 Å². The SMILES string of the molecule is CC(C)C1C(c2[c-]ccc3c2oc2ccccc23)=Nc2ccccc21.[2H]C([2H])([2H])c1c[c-]c(-c2cc(C([2H])([2H])C(C)(C)C)c([Si](C)(C)C)cn2)cc1.[Ir]. The van der Waals surface area contributed by atoms with E-state index < -0.39 is 26.7 Å². The van der Waals surface area contributed by atoms with Crippen LogP contribution in [-0.2, 0) is 26.5 Å². The summed E-state index contributed by atoms with van der Waals surface area (Å²) in [5.41, 5.74) is 7.83. The van der Waals surface area contributed by atoms with E-state index in [-0.39, 0.29) is 31.6 Å². The van der Waals surface area contributed by atoms with Crippen molar-refractivity contribution in [2.75, 3.05) is 0 Å². The molecule has 1 radical (unpaired) electrons. The van der Waals surface area contributed by atoms with Gasteiger partial charge in [0.25, 0.3) is 0 Å². The molecule has 0 saturated heterocycles. The molecule has 3 nitrogen and oxygen atoms in total. The number of rotatable bonds is 5. The molecule has 1 unspecified atom stereocenters. The summed E-state index contributed by atoms with van der Waals surface area (Å²) in [5.74, 6) is 0.724. The third-order valence-corrected chi connectivity index (χ3v) is 10.4. The molecule has 0 bridgehead atoms. The van der Waals surface area contributed by atoms with E-state index in [0.717, 1.165) is 44.1 Å². The summed E-state index contributed by atoms with van der Waals surface area (Å²) < 4.78 is 46.2. The summed E-state index contributed by atoms with van der Waals surface area (Å²) in [7, 11) is -1.81. The summed E-state index contributed by atoms with van der Waals surface area (Å²) in [6.45, 7) is 14.6. The first-order chi connectivity index (χ1) is 24.3. The van der Waals surface area contributed by atoms with Crippen molar-refractivity contribution in [1.82, 2.24) is 4.98 Å². The molecule has 0 saturated carbocycles. The van der Waals surface area contributed by atoms with E-state index in [2.05, 4.69) is 80.9 Å². The van der Waals surface area contributed by atoms with Crippen molar-refractivity contribution in [1.29, 1.82) is 0 Å². The molecule has 1 atom stereocenters. The molecule has 7 rings (SSSR count). The topological polar surface area (TPSA) is 38.4 Å². The van der Waals surface area contributed by atoms with Crippen molar-refractivity contribution in [2.45, 2.75) is 73.4 Å². The Morgan fingerprint density at radius 3 is 2.40 bits per heavy atom. The van der Waals surface area contributed by atoms with Crippen molar-refractivity contribution in [2.24, 2.45) is 16.3 Å². The molecule has 0 aliphatic carbocycles. The van der Waals surface area contributed by atoms with Crippen LogP contribution in [0.1, 0.15) is 69.6 Å². The molecule has 1 aliphatic rings. The van der Waals surface area contributed by atoms with Crippen LogP contribution in [0.5, 0.6) is 0 Å². The fourth-order valence-corrected chi connectivity index (χ4v) is 7.65. The molecule has 5 heteroatoms. The van der Waals surface area contributed by atoms with E-state index in [0.29, 0.717) is 22.7 Å². The second-order valence-electron chi connectivity index (χ2n) is 14.7. The Balaban J connectivity index is 0.000000201. The van der Waals surface area contributed by atoms with Gasteiger partial charge in [0.05, 0.1) is 19.3 Å². The first-order valence-electron chi connectivity index (χ1n) is 18.8. The standard InChI is InChI=1S/C23H18NO.C20H28NSi.Ir/c1-14(2)21-17-9-3-5-12-19(17)24-22(21)18-11-7-10-16-15-8-4-6-13-20(15)25-23(16)18;1-15-8-10-16(11-9-15)18-12-17(13-20(2,3)4)19(14-21-18)22(5,6)7;/h3-10,12-14,21H,1-2H3;8-10,12,14H,13H2,1-7H3;/q2*-1;/i;1D3,13D2;. The van der Waals surface area contributed by atoms with Crippen molar-refractivity contribution < 1.29 is 31.4 Å². The fourth-order valence-electron chi connectivity index (χ4n) is 6.26. The quantitative estimate of drug-likeness (QED) is 0.128. The van der Waals surface area contributed by atoms with Crippen LogP contribution in [0.2, 0.25) is 19.6 Å². The molecular formula is C43H46IrN2OSi-2. The van der Waals surface area contributed by atoms with Gasteiger partial charge in [0.15, 0.2) is 0 Å². The third-order valence-electron chi connectivity index (χ3n) is 8.38. The third kappa shape index (κ3) is 7.49. The van der Waals surface area contributed by atoms with Crippen LogP contribution in [0.4, 0.5) is 5.69 Å². The number of pyridine rings is 1. The van der Waals surface area contributed by atoms with Crippen molar-refractivity contribution in [3.05, 3.63) is 126 Å². The van der Waals surface area contributed by atoms with Gasteiger partial charge in [0, 0.05) is 38.5 Å². The van der Waals surface area contributed by atoms with Crippen molar-refractivity contribution in [3.8, 4) is 11.3 Å². The molecule has 3 heterocycles. The first kappa shape index (κ1) is 29.3. The van der Waals surface area contributed by atoms with E-state index in [9.17, 15) is 0 Å². The zero-order chi connectivity index (χ0) is 37.8. The van der Waals surface area contributed by atoms with E-state index in [1.54, 1.807) is 18.3 Å². The normalized spacial score (nSPS) is 16.5. The van der Waals surface area contributed by atoms with Crippen LogP contribution in [-0.4, -0.2) is 18.8 Å². The maximum Gasteiger partial charge on any atom is 0.120 e. The molecule has 48 heavy (non-hydrogen) atoms. The zero-order valence-electron chi connectivity index (χ0n) is 34.0. The molecule has 6 aromatic rings. The number of aromatic nitrogens is 1. The molecule has 2 aromatic heterocycles. The summed E-state index contributed by atoms with van der Waals surface area (Å²) in [6.07, 6.45) is 0.269. The molecule has 0 amide bonds. The molecule has 1 aliphatic heterocycles. The Morgan fingerprint density at radius 1 is 0.958 bits per heavy atom. The van der Waals surface area contributed by atoms with E-state index in [1.165, 1.54) is 11.6 Å². The van der Waals surface area contributed by atoms with Gasteiger partial charge in [-0.25, -0.2) is 0 Å². The first-order valence-corrected chi connectivity index (χ1v) is 19.8. The minimum atomic E-state index is -2.17. The predicted octanol–water partition coefficient (Wildman–Crippen LogP) is 11.2. The van der Waals surface area contributed by atoms with Crippen LogP contribution in [0.3, 0.4) is 0 Å². The molecule has 0 N–H and O–H groups in total. The number of furan rings is 1. The Bertz CT molecular complexity index is 2280. The molecule has 4 aromatic carbocycles. The minimum absolute atomic E-state index is 0. The molecule has 0 spiro atoms. The summed E-state index contributed by atoms with van der Waals surface area (Å²) in [6, 6.07) is 33.6. The zero-order valence-corrected chi connectivity index (χ0v) is 32.3. The number of hydrogen-bond donors (Lipinski definition) is 0. The molecular weight excluding hydrogens is 781 g/mol. The van der Waals surface area contributed by atoms with Gasteiger partial charge in [0.2, 0.25) is 0 Å². The maximum absolute atomic E-state index is 8.79. The van der Waals surface area contributed by atoms with Gasteiger partial charge in [-0.05, 0) is 57.9 Å². The minimum Gasteiger partial charge on any atom is -0.501 e. The Kier molecular flexibility index (Phi) is 8.59. The van der Waals surface area contributed by atoms with Gasteiger partial charge in [-0.15, -0.1) is 53.6 Å². The monoisotopic (exact) mass is 832 g/mol. The van der Waals surface area contributed by atoms with Gasteiger partial charge < -0.3 is 14.4 Å². The summed E-state index contributed by atoms with van der Waals surface area (Å²) in [4.78, 5) is 9.53. The molecule has 0 fully saturated rings. The second kappa shape index (κ2) is 14.1. The predicted molar refractivity (Wildman–Crippen MR) is 202 cm³/mol. The number of aryl methyl sites for hydroxylation is 1. The largest absolute Gasteiger partial charge is 0.501 e. The Hall–Kier alpha value is -3.63. The Morgan fingerprint density at radius 2 is 1.71 bits per heavy atom. The van der Waals surface area contributed by atoms with E-state index >= 15 is 0 Å². The van der Waals surface area contributed by atoms with Gasteiger partial charge >= 0.3 is 0 Å². The van der Waals surface area contributed by atoms with Crippen LogP contribution in [0.15, 0.2) is 101 Å². The number of para-hydroxylation sites is 2. The number of benzene rings is 4. The van der Waals surface area contributed by atoms with Gasteiger partial charge in [0.1, 0.15) is 5.58 Å². The second-order valence-corrected chi connectivity index (χ2v) is 19.7. The van der Waals surface area contributed by atoms with Gasteiger partial charge in [-0.1, -0.05) is 120 Å². The van der Waals surface area contributed by atoms with Crippen LogP contribution < -0.4 is 5.19 Å². The molecule has 249 valence electrons. The number of hydrogen-bond acceptors (Lipinski definition) is 3. The van der Waals surface area contributed by atoms with Crippen LogP contribution >= 0.6 is 0 Å². The van der Waals surface area contributed by atoms with Gasteiger partial charge in [-0.2, -0.15) is 0 Å². The van der Waals surface area contributed by atoms with Crippen LogP contribution in [0.25, 0.3) is 33.2 Å². The number of fused-ring (bicyclic) bond motifs is 4. The van der Waals surface area contributed by atoms with E-state index in [4.69, 9.17) is 16.3 Å². The van der Waals surface area contributed by atoms with Gasteiger partial charge in [-0.3, -0.25) is 0 Å². The van der Waals surface area contributed by atoms with Crippen molar-refractivity contribution >= 4 is 46.6 Å². The average Bonchev–Trinajstić information content (AvgIpc) is 3.66. The average molecular weight is 832 g/mol. The smallest absolute Gasteiger partial charge is 0.120 e. The van der Waals surface area contributed by atoms with Crippen LogP contribution in [0, 0.1) is 30.3 Å². The number of aliphatic imine (C=N–C) groups is 1. The fraction of sp³-hybridized carbons (Fsp3) is 0.302. The Labute approximate surface area is 308 Å². The number of nitrogens with zero attached hydrogens (tertiary/aromatic N) is 2. The van der Waals surface area contributed by atoms with E-state index in [1.807, 2.05) is 57.2 Å².